The van der Waals surface area contributed by atoms with Crippen LogP contribution in [-0.4, -0.2) is 32.1 Å². The minimum absolute atomic E-state index is 0.0538. The summed E-state index contributed by atoms with van der Waals surface area (Å²) in [6.07, 6.45) is 1.05. The highest BCUT2D eigenvalue weighted by atomic mass is 32.2. The number of rotatable bonds is 6. The van der Waals surface area contributed by atoms with Gasteiger partial charge < -0.3 is 9.84 Å². The van der Waals surface area contributed by atoms with Crippen LogP contribution in [0, 0.1) is 11.8 Å². The number of nitrogens with zero attached hydrogens (tertiary/aromatic N) is 1. The van der Waals surface area contributed by atoms with E-state index in [1.807, 2.05) is 6.07 Å². The van der Waals surface area contributed by atoms with E-state index in [1.165, 1.54) is 18.4 Å². The Balaban J connectivity index is 1.54. The smallest absolute Gasteiger partial charge is 0.416 e. The number of carboxylic acids is 1. The van der Waals surface area contributed by atoms with Crippen molar-refractivity contribution in [3.05, 3.63) is 59.2 Å². The van der Waals surface area contributed by atoms with Gasteiger partial charge in [0.2, 0.25) is 0 Å². The third kappa shape index (κ3) is 4.83. The van der Waals surface area contributed by atoms with Crippen molar-refractivity contribution >= 4 is 27.8 Å². The van der Waals surface area contributed by atoms with Crippen molar-refractivity contribution in [3.63, 3.8) is 0 Å². The first kappa shape index (κ1) is 24.7. The first-order valence-electron chi connectivity index (χ1n) is 11.9. The number of anilines is 1. The Morgan fingerprint density at radius 3 is 2.64 bits per heavy atom. The number of sulfonamides is 1. The van der Waals surface area contributed by atoms with Crippen molar-refractivity contribution in [1.29, 1.82) is 0 Å². The van der Waals surface area contributed by atoms with Crippen LogP contribution in [0.1, 0.15) is 49.7 Å². The molecular formula is C26H26F3NO5S. The van der Waals surface area contributed by atoms with Crippen molar-refractivity contribution in [1.82, 2.24) is 0 Å². The average Bonchev–Trinajstić information content (AvgIpc) is 3.45. The molecule has 1 N–H and O–H groups in total. The quantitative estimate of drug-likeness (QED) is 0.525. The van der Waals surface area contributed by atoms with E-state index >= 15 is 0 Å². The predicted octanol–water partition coefficient (Wildman–Crippen LogP) is 5.73. The van der Waals surface area contributed by atoms with Crippen LogP contribution in [0.4, 0.5) is 18.9 Å². The highest BCUT2D eigenvalue weighted by molar-refractivity contribution is 7.92. The van der Waals surface area contributed by atoms with E-state index in [2.05, 4.69) is 6.08 Å². The molecule has 2 unspecified atom stereocenters. The molecule has 192 valence electrons. The third-order valence-electron chi connectivity index (χ3n) is 7.29. The number of ether oxygens (including phenoxy) is 1. The lowest BCUT2D eigenvalue weighted by Crippen LogP contribution is -2.43. The molecule has 36 heavy (non-hydrogen) atoms. The normalized spacial score (nSPS) is 24.6. The van der Waals surface area contributed by atoms with E-state index in [9.17, 15) is 26.4 Å². The second-order valence-electron chi connectivity index (χ2n) is 9.76. The second kappa shape index (κ2) is 9.14. The zero-order valence-electron chi connectivity index (χ0n) is 19.4. The summed E-state index contributed by atoms with van der Waals surface area (Å²) in [4.78, 5) is 10.6. The molecule has 6 nitrogen and oxygen atoms in total. The maximum atomic E-state index is 13.6. The molecule has 0 saturated heterocycles. The van der Waals surface area contributed by atoms with Gasteiger partial charge in [-0.2, -0.15) is 13.2 Å². The number of halogens is 3. The molecule has 5 rings (SSSR count). The molecule has 1 heterocycles. The van der Waals surface area contributed by atoms with Crippen molar-refractivity contribution < 1.29 is 36.2 Å². The molecule has 0 amide bonds. The lowest BCUT2D eigenvalue weighted by molar-refractivity contribution is -0.138. The van der Waals surface area contributed by atoms with Gasteiger partial charge in [0.15, 0.2) is 0 Å². The van der Waals surface area contributed by atoms with Gasteiger partial charge in [-0.05, 0) is 79.8 Å². The fraction of sp³-hybridized carbons (Fsp3) is 0.423. The molecule has 0 aromatic heterocycles. The van der Waals surface area contributed by atoms with E-state index in [0.717, 1.165) is 40.9 Å². The van der Waals surface area contributed by atoms with Gasteiger partial charge in [-0.1, -0.05) is 23.8 Å². The number of alkyl halides is 3. The Morgan fingerprint density at radius 1 is 1.17 bits per heavy atom. The Kier molecular flexibility index (Phi) is 6.26. The first-order valence-corrected chi connectivity index (χ1v) is 13.4. The van der Waals surface area contributed by atoms with E-state index in [0.29, 0.717) is 17.9 Å². The van der Waals surface area contributed by atoms with Crippen LogP contribution in [-0.2, 0) is 21.0 Å². The predicted molar refractivity (Wildman–Crippen MR) is 127 cm³/mol. The SMILES string of the molecule is O=C(O)CC[C@H]1CN(S(=O)(=O)c2cccc(C(F)(F)F)c2)c2cc(/C=C3\CC4CCC3C4)ccc2O1. The lowest BCUT2D eigenvalue weighted by atomic mass is 9.93. The van der Waals surface area contributed by atoms with Crippen LogP contribution in [0.25, 0.3) is 6.08 Å². The highest BCUT2D eigenvalue weighted by Crippen LogP contribution is 2.49. The van der Waals surface area contributed by atoms with E-state index < -0.39 is 38.7 Å². The average molecular weight is 522 g/mol. The number of carboxylic acid groups (broad SMARTS) is 1. The molecule has 2 saturated carbocycles. The van der Waals surface area contributed by atoms with E-state index in [-0.39, 0.29) is 30.8 Å². The number of hydrogen-bond acceptors (Lipinski definition) is 4. The summed E-state index contributed by atoms with van der Waals surface area (Å²) < 4.78 is 74.2. The second-order valence-corrected chi connectivity index (χ2v) is 11.6. The number of hydrogen-bond donors (Lipinski definition) is 1. The fourth-order valence-electron chi connectivity index (χ4n) is 5.53. The largest absolute Gasteiger partial charge is 0.486 e. The van der Waals surface area contributed by atoms with Crippen LogP contribution in [0.2, 0.25) is 0 Å². The number of benzene rings is 2. The molecule has 3 aliphatic rings. The van der Waals surface area contributed by atoms with Gasteiger partial charge in [-0.25, -0.2) is 8.42 Å². The Labute approximate surface area is 207 Å². The molecule has 2 aromatic carbocycles. The van der Waals surface area contributed by atoms with Crippen LogP contribution in [0.5, 0.6) is 5.75 Å². The maximum absolute atomic E-state index is 13.6. The summed E-state index contributed by atoms with van der Waals surface area (Å²) in [6.45, 7) is -0.205. The van der Waals surface area contributed by atoms with Crippen LogP contribution < -0.4 is 9.04 Å². The molecule has 0 radical (unpaired) electrons. The zero-order chi connectivity index (χ0) is 25.7. The van der Waals surface area contributed by atoms with Gasteiger partial charge in [-0.3, -0.25) is 9.10 Å². The Hall–Kier alpha value is -3.01. The molecule has 2 aliphatic carbocycles. The maximum Gasteiger partial charge on any atom is 0.416 e. The molecule has 3 atom stereocenters. The number of fused-ring (bicyclic) bond motifs is 3. The summed E-state index contributed by atoms with van der Waals surface area (Å²) in [5, 5.41) is 9.07. The topological polar surface area (TPSA) is 83.9 Å². The van der Waals surface area contributed by atoms with Crippen LogP contribution in [0.15, 0.2) is 52.9 Å². The third-order valence-corrected chi connectivity index (χ3v) is 9.06. The molecule has 2 fully saturated rings. The van der Waals surface area contributed by atoms with Crippen LogP contribution in [0.3, 0.4) is 0 Å². The standard InChI is InChI=1S/C26H26F3NO5S/c27-26(28,29)20-2-1-3-22(14-20)36(33,34)30-15-21(7-9-25(31)32)35-24-8-5-17(13-23(24)30)12-19-11-16-4-6-18(19)10-16/h1-3,5,8,12-14,16,18,21H,4,6-7,9-11,15H2,(H,31,32)/b19-12+/t16?,18?,21-/m0/s1. The first-order chi connectivity index (χ1) is 17.0. The van der Waals surface area contributed by atoms with Gasteiger partial charge in [0.05, 0.1) is 22.7 Å². The molecule has 2 bridgehead atoms. The minimum Gasteiger partial charge on any atom is -0.486 e. The number of aliphatic carboxylic acids is 1. The van der Waals surface area contributed by atoms with Crippen LogP contribution >= 0.6 is 0 Å². The Morgan fingerprint density at radius 2 is 1.97 bits per heavy atom. The summed E-state index contributed by atoms with van der Waals surface area (Å²) >= 11 is 0. The molecule has 1 aliphatic heterocycles. The molecule has 2 aromatic rings. The van der Waals surface area contributed by atoms with Gasteiger partial charge in [0, 0.05) is 6.42 Å². The van der Waals surface area contributed by atoms with Crippen molar-refractivity contribution in [2.45, 2.75) is 55.7 Å². The van der Waals surface area contributed by atoms with E-state index in [1.54, 1.807) is 12.1 Å². The van der Waals surface area contributed by atoms with Crippen molar-refractivity contribution in [3.8, 4) is 5.75 Å². The fourth-order valence-corrected chi connectivity index (χ4v) is 7.07. The molecule has 10 heteroatoms. The van der Waals surface area contributed by atoms with Crippen molar-refractivity contribution in [2.24, 2.45) is 11.8 Å². The summed E-state index contributed by atoms with van der Waals surface area (Å²) in [6, 6.07) is 8.80. The Bertz CT molecular complexity index is 1320. The zero-order valence-corrected chi connectivity index (χ0v) is 20.2. The van der Waals surface area contributed by atoms with Gasteiger partial charge in [0.1, 0.15) is 11.9 Å². The molecule has 0 spiro atoms. The van der Waals surface area contributed by atoms with Gasteiger partial charge >= 0.3 is 12.1 Å². The molecular weight excluding hydrogens is 495 g/mol. The van der Waals surface area contributed by atoms with E-state index in [4.69, 9.17) is 9.84 Å². The summed E-state index contributed by atoms with van der Waals surface area (Å²) in [5.41, 5.74) is 1.31. The summed E-state index contributed by atoms with van der Waals surface area (Å²) in [5.74, 6) is 0.453. The summed E-state index contributed by atoms with van der Waals surface area (Å²) in [7, 11) is -4.40. The monoisotopic (exact) mass is 521 g/mol. The van der Waals surface area contributed by atoms with Crippen molar-refractivity contribution in [2.75, 3.05) is 10.8 Å². The van der Waals surface area contributed by atoms with Gasteiger partial charge in [0.25, 0.3) is 10.0 Å². The minimum atomic E-state index is -4.70. The lowest BCUT2D eigenvalue weighted by Gasteiger charge is -2.35. The number of carbonyl (C=O) groups is 1. The highest BCUT2D eigenvalue weighted by Gasteiger charge is 2.38. The van der Waals surface area contributed by atoms with Gasteiger partial charge in [-0.15, -0.1) is 0 Å². The number of allylic oxidation sites excluding steroid dienone is 1.